The molecule has 0 amide bonds. The fourth-order valence-corrected chi connectivity index (χ4v) is 3.34. The van der Waals surface area contributed by atoms with E-state index in [0.29, 0.717) is 0 Å². The highest BCUT2D eigenvalue weighted by Gasteiger charge is 2.35. The van der Waals surface area contributed by atoms with Gasteiger partial charge in [-0.2, -0.15) is 5.26 Å². The second-order valence-electron chi connectivity index (χ2n) is 3.97. The Bertz CT molecular complexity index is 356. The molecule has 0 radical (unpaired) electrons. The summed E-state index contributed by atoms with van der Waals surface area (Å²) in [5.74, 6) is 0. The van der Waals surface area contributed by atoms with Gasteiger partial charge >= 0.3 is 0 Å². The van der Waals surface area contributed by atoms with Gasteiger partial charge in [0.25, 0.3) is 0 Å². The number of hydrogen-bond donors (Lipinski definition) is 1. The Hall–Kier alpha value is -0.850. The summed E-state index contributed by atoms with van der Waals surface area (Å²) in [4.78, 5) is 2.12. The molecule has 0 atom stereocenters. The van der Waals surface area contributed by atoms with E-state index in [1.807, 2.05) is 6.07 Å². The van der Waals surface area contributed by atoms with E-state index in [0.717, 1.165) is 11.4 Å². The van der Waals surface area contributed by atoms with Crippen molar-refractivity contribution in [3.8, 4) is 6.07 Å². The number of hydrogen-bond acceptors (Lipinski definition) is 3. The minimum absolute atomic E-state index is 0.194. The summed E-state index contributed by atoms with van der Waals surface area (Å²) in [7, 11) is 0. The maximum Gasteiger partial charge on any atom is 0.110 e. The van der Waals surface area contributed by atoms with Crippen molar-refractivity contribution in [2.75, 3.05) is 6.54 Å². The molecule has 1 aliphatic rings. The fourth-order valence-electron chi connectivity index (χ4n) is 2.29. The molecular weight excluding hydrogens is 192 g/mol. The van der Waals surface area contributed by atoms with Crippen LogP contribution in [0.1, 0.15) is 35.4 Å². The van der Waals surface area contributed by atoms with E-state index in [9.17, 15) is 0 Å². The third-order valence-corrected chi connectivity index (χ3v) is 4.43. The molecule has 2 rings (SSSR count). The van der Waals surface area contributed by atoms with E-state index in [2.05, 4.69) is 12.1 Å². The molecule has 1 aromatic heterocycles. The van der Waals surface area contributed by atoms with Crippen LogP contribution in [0.3, 0.4) is 0 Å². The van der Waals surface area contributed by atoms with E-state index in [-0.39, 0.29) is 5.41 Å². The van der Waals surface area contributed by atoms with Crippen molar-refractivity contribution in [2.24, 2.45) is 5.73 Å². The Morgan fingerprint density at radius 1 is 1.43 bits per heavy atom. The van der Waals surface area contributed by atoms with Gasteiger partial charge < -0.3 is 5.73 Å². The maximum absolute atomic E-state index is 8.78. The van der Waals surface area contributed by atoms with Crippen molar-refractivity contribution in [3.63, 3.8) is 0 Å². The first-order valence-electron chi connectivity index (χ1n) is 5.01. The SMILES string of the molecule is N#Cc1ccc(C2(CN)CCCC2)s1. The van der Waals surface area contributed by atoms with Gasteiger partial charge in [0.2, 0.25) is 0 Å². The predicted octanol–water partition coefficient (Wildman–Crippen LogP) is 2.39. The largest absolute Gasteiger partial charge is 0.330 e. The van der Waals surface area contributed by atoms with Crippen molar-refractivity contribution in [2.45, 2.75) is 31.1 Å². The molecule has 1 saturated carbocycles. The quantitative estimate of drug-likeness (QED) is 0.807. The number of nitriles is 1. The molecule has 14 heavy (non-hydrogen) atoms. The van der Waals surface area contributed by atoms with Crippen molar-refractivity contribution >= 4 is 11.3 Å². The van der Waals surface area contributed by atoms with Crippen molar-refractivity contribution in [3.05, 3.63) is 21.9 Å². The van der Waals surface area contributed by atoms with Gasteiger partial charge in [0, 0.05) is 16.8 Å². The van der Waals surface area contributed by atoms with E-state index < -0.39 is 0 Å². The van der Waals surface area contributed by atoms with Crippen LogP contribution in [0.5, 0.6) is 0 Å². The van der Waals surface area contributed by atoms with Crippen LogP contribution in [0, 0.1) is 11.3 Å². The fraction of sp³-hybridized carbons (Fsp3) is 0.545. The van der Waals surface area contributed by atoms with Crippen LogP contribution in [0.25, 0.3) is 0 Å². The first-order chi connectivity index (χ1) is 6.80. The van der Waals surface area contributed by atoms with E-state index in [1.54, 1.807) is 11.3 Å². The number of thiophene rings is 1. The first-order valence-corrected chi connectivity index (χ1v) is 5.83. The molecule has 2 N–H and O–H groups in total. The second kappa shape index (κ2) is 3.72. The Morgan fingerprint density at radius 2 is 2.14 bits per heavy atom. The van der Waals surface area contributed by atoms with Gasteiger partial charge in [0.15, 0.2) is 0 Å². The molecule has 0 spiro atoms. The van der Waals surface area contributed by atoms with Crippen LogP contribution in [-0.2, 0) is 5.41 Å². The van der Waals surface area contributed by atoms with Gasteiger partial charge in [-0.3, -0.25) is 0 Å². The van der Waals surface area contributed by atoms with Gasteiger partial charge in [-0.15, -0.1) is 11.3 Å². The van der Waals surface area contributed by atoms with E-state index >= 15 is 0 Å². The molecule has 0 bridgehead atoms. The normalized spacial score (nSPS) is 19.4. The molecule has 0 unspecified atom stereocenters. The lowest BCUT2D eigenvalue weighted by atomic mass is 9.85. The van der Waals surface area contributed by atoms with Crippen molar-refractivity contribution < 1.29 is 0 Å². The Morgan fingerprint density at radius 3 is 2.64 bits per heavy atom. The number of nitrogens with zero attached hydrogens (tertiary/aromatic N) is 1. The predicted molar refractivity (Wildman–Crippen MR) is 58.2 cm³/mol. The molecule has 1 aromatic rings. The van der Waals surface area contributed by atoms with Gasteiger partial charge in [-0.1, -0.05) is 12.8 Å². The molecule has 0 aromatic carbocycles. The lowest BCUT2D eigenvalue weighted by molar-refractivity contribution is 0.462. The highest BCUT2D eigenvalue weighted by molar-refractivity contribution is 7.12. The topological polar surface area (TPSA) is 49.8 Å². The maximum atomic E-state index is 8.78. The van der Waals surface area contributed by atoms with Crippen LogP contribution < -0.4 is 5.73 Å². The Kier molecular flexibility index (Phi) is 2.58. The van der Waals surface area contributed by atoms with E-state index in [4.69, 9.17) is 11.0 Å². The second-order valence-corrected chi connectivity index (χ2v) is 5.05. The van der Waals surface area contributed by atoms with Crippen LogP contribution >= 0.6 is 11.3 Å². The zero-order valence-electron chi connectivity index (χ0n) is 8.12. The van der Waals surface area contributed by atoms with Crippen molar-refractivity contribution in [1.82, 2.24) is 0 Å². The summed E-state index contributed by atoms with van der Waals surface area (Å²) in [6.07, 6.45) is 4.93. The standard InChI is InChI=1S/C11H14N2S/c12-7-9-3-4-10(14-9)11(8-13)5-1-2-6-11/h3-4H,1-2,5-6,8,13H2. The average molecular weight is 206 g/mol. The third kappa shape index (κ3) is 1.45. The molecule has 1 heterocycles. The summed E-state index contributed by atoms with van der Waals surface area (Å²) in [6.45, 7) is 0.721. The average Bonchev–Trinajstić information content (AvgIpc) is 2.87. The van der Waals surface area contributed by atoms with Gasteiger partial charge in [0.1, 0.15) is 10.9 Å². The van der Waals surface area contributed by atoms with Crippen LogP contribution in [0.2, 0.25) is 0 Å². The molecule has 2 nitrogen and oxygen atoms in total. The van der Waals surface area contributed by atoms with E-state index in [1.165, 1.54) is 30.6 Å². The summed E-state index contributed by atoms with van der Waals surface area (Å²) in [5.41, 5.74) is 6.07. The van der Waals surface area contributed by atoms with Crippen molar-refractivity contribution in [1.29, 1.82) is 5.26 Å². The molecule has 3 heteroatoms. The molecule has 0 aliphatic heterocycles. The highest BCUT2D eigenvalue weighted by atomic mass is 32.1. The zero-order chi connectivity index (χ0) is 10.0. The number of nitrogens with two attached hydrogens (primary N) is 1. The van der Waals surface area contributed by atoms with Crippen LogP contribution in [0.15, 0.2) is 12.1 Å². The minimum Gasteiger partial charge on any atom is -0.330 e. The lowest BCUT2D eigenvalue weighted by Gasteiger charge is -2.25. The summed E-state index contributed by atoms with van der Waals surface area (Å²) < 4.78 is 0. The number of rotatable bonds is 2. The molecule has 1 fully saturated rings. The third-order valence-electron chi connectivity index (χ3n) is 3.19. The highest BCUT2D eigenvalue weighted by Crippen LogP contribution is 2.42. The zero-order valence-corrected chi connectivity index (χ0v) is 8.94. The Balaban J connectivity index is 2.32. The van der Waals surface area contributed by atoms with Gasteiger partial charge in [-0.25, -0.2) is 0 Å². The lowest BCUT2D eigenvalue weighted by Crippen LogP contribution is -2.30. The Labute approximate surface area is 88.4 Å². The monoisotopic (exact) mass is 206 g/mol. The molecule has 0 saturated heterocycles. The summed E-state index contributed by atoms with van der Waals surface area (Å²) in [5, 5.41) is 8.78. The minimum atomic E-state index is 0.194. The summed E-state index contributed by atoms with van der Waals surface area (Å²) >= 11 is 1.61. The first kappa shape index (κ1) is 9.70. The molecule has 1 aliphatic carbocycles. The smallest absolute Gasteiger partial charge is 0.110 e. The van der Waals surface area contributed by atoms with Gasteiger partial charge in [-0.05, 0) is 25.0 Å². The van der Waals surface area contributed by atoms with Gasteiger partial charge in [0.05, 0.1) is 0 Å². The van der Waals surface area contributed by atoms with Crippen LogP contribution in [0.4, 0.5) is 0 Å². The molecule has 74 valence electrons. The summed E-state index contributed by atoms with van der Waals surface area (Å²) in [6, 6.07) is 6.19. The molecular formula is C11H14N2S. The van der Waals surface area contributed by atoms with Crippen LogP contribution in [-0.4, -0.2) is 6.54 Å².